The molecule has 1 heterocycles. The average Bonchev–Trinajstić information content (AvgIpc) is 2.60. The Hall–Kier alpha value is -2.47. The van der Waals surface area contributed by atoms with E-state index in [0.29, 0.717) is 31.2 Å². The van der Waals surface area contributed by atoms with Crippen LogP contribution in [0.1, 0.15) is 34.0 Å². The van der Waals surface area contributed by atoms with Crippen molar-refractivity contribution in [1.29, 1.82) is 0 Å². The molecule has 2 aromatic rings. The molecule has 1 aromatic carbocycles. The molecular formula is C19H25N3O3. The van der Waals surface area contributed by atoms with Crippen LogP contribution >= 0.6 is 0 Å². The zero-order valence-corrected chi connectivity index (χ0v) is 15.3. The van der Waals surface area contributed by atoms with Gasteiger partial charge >= 0.3 is 0 Å². The molecule has 0 spiro atoms. The number of nitrogens with zero attached hydrogens (tertiary/aromatic N) is 3. The molecule has 0 atom stereocenters. The number of carbonyl (C=O) groups excluding carboxylic acids is 1. The van der Waals surface area contributed by atoms with Crippen LogP contribution in [0.4, 0.5) is 0 Å². The standard InChI is InChI=1S/C19H25N3O3/c1-14-12-17(21-15(2)20-14)19(23)22(10-7-11-24-3)13-16-8-5-6-9-18(16)25-4/h5-6,8-9,12H,7,10-11,13H2,1-4H3. The van der Waals surface area contributed by atoms with Crippen molar-refractivity contribution in [3.8, 4) is 5.75 Å². The van der Waals surface area contributed by atoms with Crippen molar-refractivity contribution in [2.45, 2.75) is 26.8 Å². The molecule has 0 radical (unpaired) electrons. The first kappa shape index (κ1) is 18.9. The minimum Gasteiger partial charge on any atom is -0.496 e. The maximum atomic E-state index is 13.0. The summed E-state index contributed by atoms with van der Waals surface area (Å²) in [5.41, 5.74) is 2.15. The largest absolute Gasteiger partial charge is 0.496 e. The molecule has 1 amide bonds. The number of rotatable bonds is 8. The van der Waals surface area contributed by atoms with Gasteiger partial charge in [-0.1, -0.05) is 18.2 Å². The Bertz CT molecular complexity index is 699. The Morgan fingerprint density at radius 2 is 1.92 bits per heavy atom. The number of para-hydroxylation sites is 1. The number of hydrogen-bond acceptors (Lipinski definition) is 5. The topological polar surface area (TPSA) is 64.6 Å². The van der Waals surface area contributed by atoms with E-state index in [1.165, 1.54) is 0 Å². The third kappa shape index (κ3) is 5.26. The highest BCUT2D eigenvalue weighted by atomic mass is 16.5. The van der Waals surface area contributed by atoms with Crippen molar-refractivity contribution in [3.63, 3.8) is 0 Å². The van der Waals surface area contributed by atoms with E-state index in [4.69, 9.17) is 9.47 Å². The number of carbonyl (C=O) groups is 1. The van der Waals surface area contributed by atoms with E-state index < -0.39 is 0 Å². The first-order chi connectivity index (χ1) is 12.0. The molecule has 2 rings (SSSR count). The Morgan fingerprint density at radius 3 is 2.60 bits per heavy atom. The fraction of sp³-hybridized carbons (Fsp3) is 0.421. The molecule has 0 saturated heterocycles. The second-order valence-electron chi connectivity index (χ2n) is 5.83. The van der Waals surface area contributed by atoms with Crippen LogP contribution in [0.2, 0.25) is 0 Å². The van der Waals surface area contributed by atoms with Crippen molar-refractivity contribution >= 4 is 5.91 Å². The Labute approximate surface area is 148 Å². The van der Waals surface area contributed by atoms with Crippen LogP contribution in [-0.2, 0) is 11.3 Å². The predicted octanol–water partition coefficient (Wildman–Crippen LogP) is 2.78. The second kappa shape index (κ2) is 9.13. The van der Waals surface area contributed by atoms with Crippen LogP contribution in [0.25, 0.3) is 0 Å². The second-order valence-corrected chi connectivity index (χ2v) is 5.83. The number of hydrogen-bond donors (Lipinski definition) is 0. The Balaban J connectivity index is 2.26. The van der Waals surface area contributed by atoms with Gasteiger partial charge in [0.25, 0.3) is 5.91 Å². The lowest BCUT2D eigenvalue weighted by atomic mass is 10.1. The quantitative estimate of drug-likeness (QED) is 0.690. The number of benzene rings is 1. The summed E-state index contributed by atoms with van der Waals surface area (Å²) in [5, 5.41) is 0. The van der Waals surface area contributed by atoms with Gasteiger partial charge in [0, 0.05) is 38.1 Å². The Kier molecular flexibility index (Phi) is 6.89. The highest BCUT2D eigenvalue weighted by Crippen LogP contribution is 2.20. The number of amides is 1. The molecule has 0 N–H and O–H groups in total. The summed E-state index contributed by atoms with van der Waals surface area (Å²) in [6.45, 7) is 5.28. The van der Waals surface area contributed by atoms with Crippen LogP contribution < -0.4 is 4.74 Å². The Morgan fingerprint density at radius 1 is 1.16 bits per heavy atom. The summed E-state index contributed by atoms with van der Waals surface area (Å²) in [6, 6.07) is 9.43. The molecule has 0 fully saturated rings. The lowest BCUT2D eigenvalue weighted by molar-refractivity contribution is 0.0716. The van der Waals surface area contributed by atoms with Gasteiger partial charge in [0.05, 0.1) is 7.11 Å². The first-order valence-electron chi connectivity index (χ1n) is 8.27. The normalized spacial score (nSPS) is 10.6. The van der Waals surface area contributed by atoms with Crippen LogP contribution in [0.3, 0.4) is 0 Å². The average molecular weight is 343 g/mol. The molecule has 134 valence electrons. The molecule has 0 aliphatic heterocycles. The third-order valence-corrected chi connectivity index (χ3v) is 3.80. The molecular weight excluding hydrogens is 318 g/mol. The van der Waals surface area contributed by atoms with Crippen molar-refractivity contribution < 1.29 is 14.3 Å². The zero-order valence-electron chi connectivity index (χ0n) is 15.3. The predicted molar refractivity (Wildman–Crippen MR) is 95.7 cm³/mol. The molecule has 1 aromatic heterocycles. The van der Waals surface area contributed by atoms with E-state index in [-0.39, 0.29) is 5.91 Å². The number of ether oxygens (including phenoxy) is 2. The van der Waals surface area contributed by atoms with Gasteiger partial charge in [-0.3, -0.25) is 4.79 Å². The summed E-state index contributed by atoms with van der Waals surface area (Å²) in [5.74, 6) is 1.25. The van der Waals surface area contributed by atoms with E-state index in [9.17, 15) is 4.79 Å². The van der Waals surface area contributed by atoms with Crippen molar-refractivity contribution in [1.82, 2.24) is 14.9 Å². The molecule has 0 unspecified atom stereocenters. The fourth-order valence-corrected chi connectivity index (χ4v) is 2.68. The highest BCUT2D eigenvalue weighted by molar-refractivity contribution is 5.92. The van der Waals surface area contributed by atoms with Gasteiger partial charge in [-0.15, -0.1) is 0 Å². The number of aromatic nitrogens is 2. The van der Waals surface area contributed by atoms with Gasteiger partial charge in [0.2, 0.25) is 0 Å². The molecule has 6 heteroatoms. The summed E-state index contributed by atoms with van der Waals surface area (Å²) in [7, 11) is 3.29. The van der Waals surface area contributed by atoms with Crippen molar-refractivity contribution in [2.75, 3.05) is 27.4 Å². The maximum absolute atomic E-state index is 13.0. The van der Waals surface area contributed by atoms with E-state index >= 15 is 0 Å². The van der Waals surface area contributed by atoms with Gasteiger partial charge in [0.1, 0.15) is 17.3 Å². The van der Waals surface area contributed by atoms with Crippen LogP contribution in [0.15, 0.2) is 30.3 Å². The fourth-order valence-electron chi connectivity index (χ4n) is 2.68. The molecule has 0 aliphatic carbocycles. The zero-order chi connectivity index (χ0) is 18.2. The summed E-state index contributed by atoms with van der Waals surface area (Å²) in [6.07, 6.45) is 0.750. The van der Waals surface area contributed by atoms with E-state index in [1.54, 1.807) is 32.1 Å². The van der Waals surface area contributed by atoms with Crippen molar-refractivity contribution in [3.05, 3.63) is 53.1 Å². The minimum absolute atomic E-state index is 0.115. The lowest BCUT2D eigenvalue weighted by Crippen LogP contribution is -2.33. The van der Waals surface area contributed by atoms with Gasteiger partial charge in [-0.2, -0.15) is 0 Å². The van der Waals surface area contributed by atoms with Crippen molar-refractivity contribution in [2.24, 2.45) is 0 Å². The van der Waals surface area contributed by atoms with E-state index in [2.05, 4.69) is 9.97 Å². The maximum Gasteiger partial charge on any atom is 0.272 e. The van der Waals surface area contributed by atoms with Crippen LogP contribution in [-0.4, -0.2) is 48.1 Å². The first-order valence-corrected chi connectivity index (χ1v) is 8.27. The van der Waals surface area contributed by atoms with Crippen LogP contribution in [0, 0.1) is 13.8 Å². The summed E-state index contributed by atoms with van der Waals surface area (Å²) in [4.78, 5) is 23.3. The molecule has 6 nitrogen and oxygen atoms in total. The van der Waals surface area contributed by atoms with Gasteiger partial charge in [-0.05, 0) is 32.4 Å². The third-order valence-electron chi connectivity index (χ3n) is 3.80. The van der Waals surface area contributed by atoms with Gasteiger partial charge in [0.15, 0.2) is 0 Å². The lowest BCUT2D eigenvalue weighted by Gasteiger charge is -2.23. The highest BCUT2D eigenvalue weighted by Gasteiger charge is 2.19. The monoisotopic (exact) mass is 343 g/mol. The van der Waals surface area contributed by atoms with Gasteiger partial charge < -0.3 is 14.4 Å². The van der Waals surface area contributed by atoms with Gasteiger partial charge in [-0.25, -0.2) is 9.97 Å². The molecule has 25 heavy (non-hydrogen) atoms. The van der Waals surface area contributed by atoms with Crippen LogP contribution in [0.5, 0.6) is 5.75 Å². The molecule has 0 bridgehead atoms. The minimum atomic E-state index is -0.115. The smallest absolute Gasteiger partial charge is 0.272 e. The van der Waals surface area contributed by atoms with E-state index in [0.717, 1.165) is 23.4 Å². The molecule has 0 aliphatic rings. The number of aryl methyl sites for hydroxylation is 2. The molecule has 0 saturated carbocycles. The summed E-state index contributed by atoms with van der Waals surface area (Å²) >= 11 is 0. The summed E-state index contributed by atoms with van der Waals surface area (Å²) < 4.78 is 10.5. The number of methoxy groups -OCH3 is 2. The SMILES string of the molecule is COCCCN(Cc1ccccc1OC)C(=O)c1cc(C)nc(C)n1. The van der Waals surface area contributed by atoms with E-state index in [1.807, 2.05) is 31.2 Å².